The number of fused-ring (bicyclic) bond motifs is 1. The van der Waals surface area contributed by atoms with E-state index >= 15 is 0 Å². The monoisotopic (exact) mass is 448 g/mol. The summed E-state index contributed by atoms with van der Waals surface area (Å²) in [7, 11) is 0. The molecule has 11 heteroatoms. The average Bonchev–Trinajstić information content (AvgIpc) is 3.25. The molecule has 0 aliphatic rings. The van der Waals surface area contributed by atoms with Crippen molar-refractivity contribution in [1.29, 1.82) is 0 Å². The molecule has 0 fully saturated rings. The van der Waals surface area contributed by atoms with Crippen LogP contribution in [0.15, 0.2) is 42.6 Å². The summed E-state index contributed by atoms with van der Waals surface area (Å²) in [5, 5.41) is 21.7. The molecule has 1 heterocycles. The lowest BCUT2D eigenvalue weighted by Crippen LogP contribution is -2.37. The number of rotatable bonds is 11. The van der Waals surface area contributed by atoms with Crippen molar-refractivity contribution in [1.82, 2.24) is 20.8 Å². The van der Waals surface area contributed by atoms with Crippen molar-refractivity contribution in [2.75, 3.05) is 26.3 Å². The number of halogens is 2. The van der Waals surface area contributed by atoms with Crippen LogP contribution in [0.25, 0.3) is 10.9 Å². The summed E-state index contributed by atoms with van der Waals surface area (Å²) in [4.78, 5) is 23.6. The minimum atomic E-state index is -0.886. The molecule has 0 unspecified atom stereocenters. The maximum Gasteiger partial charge on any atom is 0.258 e. The maximum absolute atomic E-state index is 13.9. The zero-order valence-electron chi connectivity index (χ0n) is 16.9. The number of aliphatic hydroxyl groups is 1. The maximum atomic E-state index is 13.9. The van der Waals surface area contributed by atoms with Gasteiger partial charge in [-0.1, -0.05) is 0 Å². The molecule has 0 aliphatic heterocycles. The van der Waals surface area contributed by atoms with Gasteiger partial charge in [0, 0.05) is 25.2 Å². The lowest BCUT2D eigenvalue weighted by atomic mass is 10.2. The zero-order valence-corrected chi connectivity index (χ0v) is 16.9. The number of ether oxygens (including phenoxy) is 2. The molecule has 1 aromatic heterocycles. The molecule has 0 bridgehead atoms. The van der Waals surface area contributed by atoms with Crippen LogP contribution in [0.1, 0.15) is 6.42 Å². The van der Waals surface area contributed by atoms with E-state index in [4.69, 9.17) is 9.47 Å². The predicted octanol–water partition coefficient (Wildman–Crippen LogP) is 1.28. The van der Waals surface area contributed by atoms with Gasteiger partial charge in [-0.2, -0.15) is 5.10 Å². The van der Waals surface area contributed by atoms with E-state index in [1.165, 1.54) is 36.5 Å². The highest BCUT2D eigenvalue weighted by Gasteiger charge is 2.11. The van der Waals surface area contributed by atoms with E-state index in [0.29, 0.717) is 16.7 Å². The highest BCUT2D eigenvalue weighted by atomic mass is 19.1. The quantitative estimate of drug-likeness (QED) is 0.350. The number of carbonyl (C=O) groups is 2. The van der Waals surface area contributed by atoms with Gasteiger partial charge in [0.2, 0.25) is 0 Å². The molecule has 1 atom stereocenters. The molecular weight excluding hydrogens is 426 g/mol. The molecule has 0 radical (unpaired) electrons. The number of hydrogen-bond acceptors (Lipinski definition) is 6. The minimum absolute atomic E-state index is 0.0263. The van der Waals surface area contributed by atoms with Crippen LogP contribution < -0.4 is 20.1 Å². The van der Waals surface area contributed by atoms with Crippen LogP contribution in [-0.4, -0.2) is 59.5 Å². The smallest absolute Gasteiger partial charge is 0.258 e. The number of H-pyrrole nitrogens is 1. The van der Waals surface area contributed by atoms with Crippen molar-refractivity contribution < 1.29 is 33.0 Å². The second-order valence-electron chi connectivity index (χ2n) is 6.86. The summed E-state index contributed by atoms with van der Waals surface area (Å²) >= 11 is 0. The van der Waals surface area contributed by atoms with Gasteiger partial charge in [0.1, 0.15) is 23.1 Å². The van der Waals surface area contributed by atoms with Crippen LogP contribution in [0, 0.1) is 11.6 Å². The first-order valence-electron chi connectivity index (χ1n) is 9.76. The molecule has 0 spiro atoms. The molecule has 3 aromatic rings. The van der Waals surface area contributed by atoms with Crippen LogP contribution in [0.5, 0.6) is 11.5 Å². The van der Waals surface area contributed by atoms with Gasteiger partial charge in [-0.25, -0.2) is 8.78 Å². The lowest BCUT2D eigenvalue weighted by Gasteiger charge is -2.13. The average molecular weight is 448 g/mol. The van der Waals surface area contributed by atoms with E-state index in [2.05, 4.69) is 20.8 Å². The first-order chi connectivity index (χ1) is 15.4. The lowest BCUT2D eigenvalue weighted by molar-refractivity contribution is -0.124. The Balaban J connectivity index is 1.28. The van der Waals surface area contributed by atoms with Crippen molar-refractivity contribution >= 4 is 22.7 Å². The first-order valence-corrected chi connectivity index (χ1v) is 9.76. The fraction of sp³-hybridized carbons (Fsp3) is 0.286. The third kappa shape index (κ3) is 6.91. The van der Waals surface area contributed by atoms with Gasteiger partial charge in [0.15, 0.2) is 13.2 Å². The fourth-order valence-corrected chi connectivity index (χ4v) is 2.71. The molecule has 3 rings (SSSR count). The van der Waals surface area contributed by atoms with Gasteiger partial charge >= 0.3 is 0 Å². The Kier molecular flexibility index (Phi) is 7.92. The molecule has 0 aliphatic carbocycles. The molecule has 4 N–H and O–H groups in total. The number of nitrogens with zero attached hydrogens (tertiary/aromatic N) is 1. The summed E-state index contributed by atoms with van der Waals surface area (Å²) in [5.41, 5.74) is 0.452. The highest BCUT2D eigenvalue weighted by molar-refractivity contribution is 5.81. The van der Waals surface area contributed by atoms with Gasteiger partial charge in [0.05, 0.1) is 23.2 Å². The third-order valence-corrected chi connectivity index (χ3v) is 4.37. The Bertz CT molecular complexity index is 1060. The summed E-state index contributed by atoms with van der Waals surface area (Å²) < 4.78 is 37.1. The second-order valence-corrected chi connectivity index (χ2v) is 6.86. The number of hydrogen-bond donors (Lipinski definition) is 4. The van der Waals surface area contributed by atoms with E-state index in [1.807, 2.05) is 0 Å². The van der Waals surface area contributed by atoms with E-state index in [9.17, 15) is 23.5 Å². The van der Waals surface area contributed by atoms with Gasteiger partial charge in [0.25, 0.3) is 11.8 Å². The van der Waals surface area contributed by atoms with Crippen LogP contribution in [0.4, 0.5) is 8.78 Å². The Labute approximate surface area is 181 Å². The number of nitrogens with one attached hydrogen (secondary N) is 3. The van der Waals surface area contributed by atoms with Gasteiger partial charge in [-0.05, 0) is 30.7 Å². The van der Waals surface area contributed by atoms with Gasteiger partial charge < -0.3 is 25.2 Å². The normalized spacial score (nSPS) is 11.7. The molecule has 2 aromatic carbocycles. The van der Waals surface area contributed by atoms with Crippen molar-refractivity contribution in [3.8, 4) is 11.5 Å². The summed E-state index contributed by atoms with van der Waals surface area (Å²) in [6, 6.07) is 7.92. The number of aromatic nitrogens is 2. The first kappa shape index (κ1) is 22.9. The van der Waals surface area contributed by atoms with Crippen molar-refractivity contribution in [3.05, 3.63) is 54.2 Å². The van der Waals surface area contributed by atoms with Crippen molar-refractivity contribution in [2.45, 2.75) is 12.5 Å². The standard InChI is InChI=1S/C21H22F2N4O5/c22-13-1-3-15(4-2-13)31-12-21(30)25-9-14(28)5-6-24-20(29)11-32-16-7-18(23)17-10-26-27-19(17)8-16/h1-4,7-8,10,14,28H,5-6,9,11-12H2,(H,24,29)(H,25,30)(H,26,27)/t14-/m0/s1. The SMILES string of the molecule is O=C(COc1cc(F)c2cn[nH]c2c1)NCC[C@H](O)CNC(=O)COc1ccc(F)cc1. The minimum Gasteiger partial charge on any atom is -0.484 e. The van der Waals surface area contributed by atoms with Crippen LogP contribution in [0.2, 0.25) is 0 Å². The van der Waals surface area contributed by atoms with Gasteiger partial charge in [-0.15, -0.1) is 0 Å². The Morgan fingerprint density at radius 3 is 2.47 bits per heavy atom. The topological polar surface area (TPSA) is 126 Å². The largest absolute Gasteiger partial charge is 0.484 e. The zero-order chi connectivity index (χ0) is 22.9. The summed E-state index contributed by atoms with van der Waals surface area (Å²) in [6.07, 6.45) is 0.662. The molecule has 2 amide bonds. The molecule has 32 heavy (non-hydrogen) atoms. The Morgan fingerprint density at radius 1 is 1.03 bits per heavy atom. The Hall–Kier alpha value is -3.73. The molecule has 9 nitrogen and oxygen atoms in total. The second kappa shape index (κ2) is 11.0. The molecule has 0 saturated heterocycles. The number of carbonyl (C=O) groups excluding carboxylic acids is 2. The number of amides is 2. The molecule has 0 saturated carbocycles. The Morgan fingerprint density at radius 2 is 1.72 bits per heavy atom. The van der Waals surface area contributed by atoms with Gasteiger partial charge in [-0.3, -0.25) is 14.7 Å². The summed E-state index contributed by atoms with van der Waals surface area (Å²) in [5.74, 6) is -1.29. The number of aliphatic hydroxyl groups excluding tert-OH is 1. The fourth-order valence-electron chi connectivity index (χ4n) is 2.71. The summed E-state index contributed by atoms with van der Waals surface area (Å²) in [6.45, 7) is -0.481. The van der Waals surface area contributed by atoms with E-state index in [0.717, 1.165) is 6.07 Å². The van der Waals surface area contributed by atoms with Crippen LogP contribution in [-0.2, 0) is 9.59 Å². The van der Waals surface area contributed by atoms with E-state index in [1.54, 1.807) is 0 Å². The van der Waals surface area contributed by atoms with E-state index < -0.39 is 29.6 Å². The van der Waals surface area contributed by atoms with Crippen LogP contribution in [0.3, 0.4) is 0 Å². The number of aromatic amines is 1. The predicted molar refractivity (Wildman–Crippen MR) is 110 cm³/mol. The van der Waals surface area contributed by atoms with E-state index in [-0.39, 0.29) is 38.5 Å². The van der Waals surface area contributed by atoms with Crippen LogP contribution >= 0.6 is 0 Å². The van der Waals surface area contributed by atoms with Crippen molar-refractivity contribution in [2.24, 2.45) is 0 Å². The highest BCUT2D eigenvalue weighted by Crippen LogP contribution is 2.22. The molecule has 170 valence electrons. The number of benzene rings is 2. The van der Waals surface area contributed by atoms with Crippen molar-refractivity contribution in [3.63, 3.8) is 0 Å². The third-order valence-electron chi connectivity index (χ3n) is 4.37. The molecular formula is C21H22F2N4O5.